The number of hydrogen-bond acceptors (Lipinski definition) is 3. The summed E-state index contributed by atoms with van der Waals surface area (Å²) in [7, 11) is 0. The summed E-state index contributed by atoms with van der Waals surface area (Å²) in [5.74, 6) is -0.0790. The lowest BCUT2D eigenvalue weighted by atomic mass is 10.2. The SMILES string of the molecule is CC(C)CONCc1cc(O)cc(F)c1. The maximum atomic E-state index is 12.8. The monoisotopic (exact) mass is 213 g/mol. The zero-order valence-corrected chi connectivity index (χ0v) is 8.96. The third-order valence-corrected chi connectivity index (χ3v) is 1.74. The minimum absolute atomic E-state index is 0.0735. The maximum absolute atomic E-state index is 12.8. The molecule has 0 radical (unpaired) electrons. The van der Waals surface area contributed by atoms with E-state index in [4.69, 9.17) is 9.94 Å². The normalized spacial score (nSPS) is 10.9. The summed E-state index contributed by atoms with van der Waals surface area (Å²) in [5.41, 5.74) is 3.36. The first-order chi connectivity index (χ1) is 7.08. The van der Waals surface area contributed by atoms with Crippen molar-refractivity contribution in [3.05, 3.63) is 29.6 Å². The molecule has 0 fully saturated rings. The van der Waals surface area contributed by atoms with Crippen molar-refractivity contribution < 1.29 is 14.3 Å². The van der Waals surface area contributed by atoms with Crippen molar-refractivity contribution in [3.63, 3.8) is 0 Å². The predicted octanol–water partition coefficient (Wildman–Crippen LogP) is 2.21. The minimum Gasteiger partial charge on any atom is -0.508 e. The van der Waals surface area contributed by atoms with E-state index in [2.05, 4.69) is 5.48 Å². The van der Waals surface area contributed by atoms with Gasteiger partial charge in [0.15, 0.2) is 0 Å². The quantitative estimate of drug-likeness (QED) is 0.582. The molecule has 1 rings (SSSR count). The third kappa shape index (κ3) is 4.76. The van der Waals surface area contributed by atoms with Gasteiger partial charge in [0.1, 0.15) is 11.6 Å². The largest absolute Gasteiger partial charge is 0.508 e. The molecule has 15 heavy (non-hydrogen) atoms. The van der Waals surface area contributed by atoms with Crippen LogP contribution in [0.3, 0.4) is 0 Å². The van der Waals surface area contributed by atoms with E-state index in [0.717, 1.165) is 6.07 Å². The van der Waals surface area contributed by atoms with Gasteiger partial charge in [-0.2, -0.15) is 5.48 Å². The predicted molar refractivity (Wildman–Crippen MR) is 55.7 cm³/mol. The van der Waals surface area contributed by atoms with Crippen LogP contribution in [-0.4, -0.2) is 11.7 Å². The lowest BCUT2D eigenvalue weighted by molar-refractivity contribution is 0.0196. The van der Waals surface area contributed by atoms with Crippen LogP contribution in [0.1, 0.15) is 19.4 Å². The fourth-order valence-corrected chi connectivity index (χ4v) is 1.10. The van der Waals surface area contributed by atoms with Crippen LogP contribution in [0, 0.1) is 11.7 Å². The lowest BCUT2D eigenvalue weighted by Gasteiger charge is -2.08. The van der Waals surface area contributed by atoms with Gasteiger partial charge in [0.25, 0.3) is 0 Å². The first-order valence-electron chi connectivity index (χ1n) is 4.91. The van der Waals surface area contributed by atoms with Gasteiger partial charge in [-0.15, -0.1) is 0 Å². The summed E-state index contributed by atoms with van der Waals surface area (Å²) in [4.78, 5) is 5.12. The molecule has 0 saturated heterocycles. The van der Waals surface area contributed by atoms with Gasteiger partial charge in [-0.1, -0.05) is 13.8 Å². The molecule has 0 atom stereocenters. The fraction of sp³-hybridized carbons (Fsp3) is 0.455. The molecule has 0 amide bonds. The Hall–Kier alpha value is -1.13. The van der Waals surface area contributed by atoms with E-state index in [9.17, 15) is 4.39 Å². The molecular weight excluding hydrogens is 197 g/mol. The van der Waals surface area contributed by atoms with Gasteiger partial charge in [-0.3, -0.25) is 0 Å². The summed E-state index contributed by atoms with van der Waals surface area (Å²) >= 11 is 0. The van der Waals surface area contributed by atoms with E-state index in [-0.39, 0.29) is 5.75 Å². The van der Waals surface area contributed by atoms with E-state index in [1.807, 2.05) is 13.8 Å². The number of phenolic OH excluding ortho intramolecular Hbond substituents is 1. The molecule has 1 aromatic rings. The first kappa shape index (κ1) is 11.9. The number of hydroxylamine groups is 1. The molecule has 3 nitrogen and oxygen atoms in total. The van der Waals surface area contributed by atoms with Crippen molar-refractivity contribution >= 4 is 0 Å². The smallest absolute Gasteiger partial charge is 0.127 e. The van der Waals surface area contributed by atoms with Crippen LogP contribution in [0.4, 0.5) is 4.39 Å². The fourth-order valence-electron chi connectivity index (χ4n) is 1.10. The van der Waals surface area contributed by atoms with Crippen LogP contribution < -0.4 is 5.48 Å². The summed E-state index contributed by atoms with van der Waals surface area (Å²) in [6.45, 7) is 5.05. The van der Waals surface area contributed by atoms with Gasteiger partial charge in [-0.05, 0) is 23.6 Å². The van der Waals surface area contributed by atoms with E-state index in [1.165, 1.54) is 12.1 Å². The molecule has 0 unspecified atom stereocenters. The van der Waals surface area contributed by atoms with Crippen LogP contribution in [0.15, 0.2) is 18.2 Å². The average molecular weight is 213 g/mol. The average Bonchev–Trinajstić information content (AvgIpc) is 2.10. The van der Waals surface area contributed by atoms with E-state index in [1.54, 1.807) is 0 Å². The molecule has 84 valence electrons. The molecule has 4 heteroatoms. The third-order valence-electron chi connectivity index (χ3n) is 1.74. The van der Waals surface area contributed by atoms with Crippen LogP contribution >= 0.6 is 0 Å². The molecular formula is C11H16FNO2. The number of phenols is 1. The van der Waals surface area contributed by atoms with E-state index < -0.39 is 5.82 Å². The molecule has 1 aromatic carbocycles. The number of hydrogen-bond donors (Lipinski definition) is 2. The Morgan fingerprint density at radius 3 is 2.73 bits per heavy atom. The zero-order valence-electron chi connectivity index (χ0n) is 8.96. The standard InChI is InChI=1S/C11H16FNO2/c1-8(2)7-15-13-6-9-3-10(12)5-11(14)4-9/h3-5,8,13-14H,6-7H2,1-2H3. The summed E-state index contributed by atoms with van der Waals surface area (Å²) in [6.07, 6.45) is 0. The van der Waals surface area contributed by atoms with Gasteiger partial charge >= 0.3 is 0 Å². The topological polar surface area (TPSA) is 41.5 Å². The van der Waals surface area contributed by atoms with Crippen molar-refractivity contribution in [1.82, 2.24) is 5.48 Å². The van der Waals surface area contributed by atoms with Crippen molar-refractivity contribution in [2.24, 2.45) is 5.92 Å². The maximum Gasteiger partial charge on any atom is 0.127 e. The van der Waals surface area contributed by atoms with Crippen molar-refractivity contribution in [2.45, 2.75) is 20.4 Å². The molecule has 2 N–H and O–H groups in total. The zero-order chi connectivity index (χ0) is 11.3. The van der Waals surface area contributed by atoms with E-state index in [0.29, 0.717) is 24.6 Å². The summed E-state index contributed by atoms with van der Waals surface area (Å²) < 4.78 is 12.8. The molecule has 0 bridgehead atoms. The molecule has 0 aromatic heterocycles. The Bertz CT molecular complexity index is 295. The Kier molecular flexibility index (Phi) is 4.52. The molecule has 0 spiro atoms. The van der Waals surface area contributed by atoms with Gasteiger partial charge in [0, 0.05) is 12.6 Å². The number of halogens is 1. The van der Waals surface area contributed by atoms with Gasteiger partial charge < -0.3 is 9.94 Å². The van der Waals surface area contributed by atoms with Crippen LogP contribution in [0.2, 0.25) is 0 Å². The minimum atomic E-state index is -0.448. The number of aromatic hydroxyl groups is 1. The number of benzene rings is 1. The Morgan fingerprint density at radius 2 is 2.13 bits per heavy atom. The molecule has 0 aliphatic carbocycles. The van der Waals surface area contributed by atoms with Crippen LogP contribution in [-0.2, 0) is 11.4 Å². The molecule has 0 aliphatic heterocycles. The van der Waals surface area contributed by atoms with Crippen LogP contribution in [0.25, 0.3) is 0 Å². The highest BCUT2D eigenvalue weighted by molar-refractivity contribution is 5.28. The van der Waals surface area contributed by atoms with Crippen LogP contribution in [0.5, 0.6) is 5.75 Å². The number of nitrogens with one attached hydrogen (secondary N) is 1. The van der Waals surface area contributed by atoms with E-state index >= 15 is 0 Å². The second-order valence-corrected chi connectivity index (χ2v) is 3.84. The Labute approximate surface area is 88.8 Å². The highest BCUT2D eigenvalue weighted by Gasteiger charge is 2.00. The van der Waals surface area contributed by atoms with Crippen molar-refractivity contribution in [2.75, 3.05) is 6.61 Å². The number of rotatable bonds is 5. The first-order valence-corrected chi connectivity index (χ1v) is 4.91. The lowest BCUT2D eigenvalue weighted by Crippen LogP contribution is -2.17. The van der Waals surface area contributed by atoms with Crippen molar-refractivity contribution in [1.29, 1.82) is 0 Å². The van der Waals surface area contributed by atoms with Gasteiger partial charge in [0.05, 0.1) is 6.61 Å². The second-order valence-electron chi connectivity index (χ2n) is 3.84. The highest BCUT2D eigenvalue weighted by Crippen LogP contribution is 2.14. The summed E-state index contributed by atoms with van der Waals surface area (Å²) in [5, 5.41) is 9.13. The van der Waals surface area contributed by atoms with Gasteiger partial charge in [0.2, 0.25) is 0 Å². The Morgan fingerprint density at radius 1 is 1.40 bits per heavy atom. The summed E-state index contributed by atoms with van der Waals surface area (Å²) in [6, 6.07) is 3.92. The van der Waals surface area contributed by atoms with Gasteiger partial charge in [-0.25, -0.2) is 4.39 Å². The molecule has 0 saturated carbocycles. The molecule has 0 heterocycles. The van der Waals surface area contributed by atoms with Crippen molar-refractivity contribution in [3.8, 4) is 5.75 Å². The highest BCUT2D eigenvalue weighted by atomic mass is 19.1. The second kappa shape index (κ2) is 5.68. The Balaban J connectivity index is 2.37. The molecule has 0 aliphatic rings.